The number of phenolic OH excluding ortho intramolecular Hbond substituents is 1. The number of aliphatic carboxylic acids is 1. The van der Waals surface area contributed by atoms with Gasteiger partial charge in [0.1, 0.15) is 23.9 Å². The fourth-order valence-corrected chi connectivity index (χ4v) is 2.20. The Balaban J connectivity index is 2.80. The molecule has 1 rings (SSSR count). The zero-order valence-electron chi connectivity index (χ0n) is 16.1. The van der Waals surface area contributed by atoms with Gasteiger partial charge < -0.3 is 37.0 Å². The molecule has 0 heterocycles. The summed E-state index contributed by atoms with van der Waals surface area (Å²) in [5.74, 6) is -3.40. The lowest BCUT2D eigenvalue weighted by atomic mass is 10.0. The molecule has 3 amide bonds. The number of carbonyl (C=O) groups is 4. The normalized spacial score (nSPS) is 14.8. The molecule has 4 atom stereocenters. The number of nitrogens with two attached hydrogens (primary N) is 1. The molecule has 0 radical (unpaired) electrons. The fourth-order valence-electron chi connectivity index (χ4n) is 2.20. The summed E-state index contributed by atoms with van der Waals surface area (Å²) in [4.78, 5) is 47.2. The van der Waals surface area contributed by atoms with E-state index in [-0.39, 0.29) is 12.2 Å². The molecule has 0 aromatic heterocycles. The van der Waals surface area contributed by atoms with Crippen LogP contribution in [-0.4, -0.2) is 69.8 Å². The number of benzene rings is 1. The van der Waals surface area contributed by atoms with Crippen LogP contribution in [0.4, 0.5) is 0 Å². The topological polar surface area (TPSA) is 191 Å². The van der Waals surface area contributed by atoms with Crippen LogP contribution >= 0.6 is 0 Å². The summed E-state index contributed by atoms with van der Waals surface area (Å²) in [6.45, 7) is 2.11. The first-order valence-electron chi connectivity index (χ1n) is 8.83. The molecule has 0 fully saturated rings. The molecule has 1 aromatic rings. The molecule has 8 N–H and O–H groups in total. The number of carboxylic acids is 1. The zero-order chi connectivity index (χ0) is 22.1. The minimum atomic E-state index is -1.24. The van der Waals surface area contributed by atoms with Gasteiger partial charge in [-0.15, -0.1) is 0 Å². The molecule has 0 aliphatic carbocycles. The monoisotopic (exact) mass is 410 g/mol. The first-order valence-corrected chi connectivity index (χ1v) is 8.83. The van der Waals surface area contributed by atoms with Gasteiger partial charge in [-0.3, -0.25) is 19.2 Å². The van der Waals surface area contributed by atoms with E-state index in [2.05, 4.69) is 16.0 Å². The van der Waals surface area contributed by atoms with E-state index in [1.54, 1.807) is 12.1 Å². The van der Waals surface area contributed by atoms with Gasteiger partial charge in [-0.25, -0.2) is 0 Å². The molecule has 29 heavy (non-hydrogen) atoms. The quantitative estimate of drug-likeness (QED) is 0.227. The average molecular weight is 410 g/mol. The number of aromatic hydroxyl groups is 1. The van der Waals surface area contributed by atoms with E-state index < -0.39 is 54.5 Å². The maximum Gasteiger partial charge on any atom is 0.325 e. The van der Waals surface area contributed by atoms with Crippen LogP contribution in [0.2, 0.25) is 0 Å². The highest BCUT2D eigenvalue weighted by molar-refractivity contribution is 5.92. The van der Waals surface area contributed by atoms with Crippen LogP contribution in [0.1, 0.15) is 19.4 Å². The molecule has 11 heteroatoms. The molecule has 160 valence electrons. The largest absolute Gasteiger partial charge is 0.508 e. The summed E-state index contributed by atoms with van der Waals surface area (Å²) in [5.41, 5.74) is 6.06. The van der Waals surface area contributed by atoms with Crippen LogP contribution < -0.4 is 21.7 Å². The standard InChI is InChI=1S/C18H26N4O7/c1-9(18(28)29)21-16(26)13(7-11-3-5-12(24)6-4-11)22-14(25)8-20-17(27)15(19)10(2)23/h3-6,9-10,13,15,23-24H,7-8,19H2,1-2H3,(H,20,27)(H,21,26)(H,22,25)(H,28,29). The average Bonchev–Trinajstić information content (AvgIpc) is 2.66. The number of amides is 3. The number of hydrogen-bond donors (Lipinski definition) is 7. The van der Waals surface area contributed by atoms with Gasteiger partial charge in [-0.05, 0) is 31.5 Å². The predicted molar refractivity (Wildman–Crippen MR) is 102 cm³/mol. The Morgan fingerprint density at radius 3 is 2.14 bits per heavy atom. The third-order valence-electron chi connectivity index (χ3n) is 4.00. The van der Waals surface area contributed by atoms with Crippen LogP contribution in [0.5, 0.6) is 5.75 Å². The molecule has 0 spiro atoms. The summed E-state index contributed by atoms with van der Waals surface area (Å²) in [6, 6.07) is 2.39. The first-order chi connectivity index (χ1) is 13.5. The highest BCUT2D eigenvalue weighted by Gasteiger charge is 2.25. The van der Waals surface area contributed by atoms with Crippen LogP contribution in [0.25, 0.3) is 0 Å². The Hall–Kier alpha value is -3.18. The molecule has 0 bridgehead atoms. The third-order valence-corrected chi connectivity index (χ3v) is 4.00. The van der Waals surface area contributed by atoms with Gasteiger partial charge in [0.15, 0.2) is 0 Å². The molecule has 4 unspecified atom stereocenters. The minimum Gasteiger partial charge on any atom is -0.508 e. The van der Waals surface area contributed by atoms with Crippen molar-refractivity contribution in [2.75, 3.05) is 6.54 Å². The van der Waals surface area contributed by atoms with E-state index in [0.717, 1.165) is 0 Å². The predicted octanol–water partition coefficient (Wildman–Crippen LogP) is -2.17. The summed E-state index contributed by atoms with van der Waals surface area (Å²) in [7, 11) is 0. The van der Waals surface area contributed by atoms with Gasteiger partial charge in [0, 0.05) is 6.42 Å². The highest BCUT2D eigenvalue weighted by atomic mass is 16.4. The molecular formula is C18H26N4O7. The van der Waals surface area contributed by atoms with Crippen LogP contribution in [-0.2, 0) is 25.6 Å². The number of rotatable bonds is 10. The van der Waals surface area contributed by atoms with Gasteiger partial charge in [0.2, 0.25) is 17.7 Å². The van der Waals surface area contributed by atoms with Gasteiger partial charge in [-0.1, -0.05) is 12.1 Å². The first kappa shape index (κ1) is 23.9. The Morgan fingerprint density at radius 1 is 1.03 bits per heavy atom. The van der Waals surface area contributed by atoms with Crippen molar-refractivity contribution in [3.63, 3.8) is 0 Å². The number of carboxylic acid groups (broad SMARTS) is 1. The Labute approximate surface area is 167 Å². The smallest absolute Gasteiger partial charge is 0.325 e. The van der Waals surface area contributed by atoms with Crippen LogP contribution in [0.3, 0.4) is 0 Å². The van der Waals surface area contributed by atoms with Crippen molar-refractivity contribution in [2.24, 2.45) is 5.73 Å². The second-order valence-corrected chi connectivity index (χ2v) is 6.54. The van der Waals surface area contributed by atoms with Crippen molar-refractivity contribution in [3.8, 4) is 5.75 Å². The minimum absolute atomic E-state index is 0.0192. The Bertz CT molecular complexity index is 736. The summed E-state index contributed by atoms with van der Waals surface area (Å²) in [5, 5.41) is 34.5. The molecule has 11 nitrogen and oxygen atoms in total. The third kappa shape index (κ3) is 8.15. The molecule has 1 aromatic carbocycles. The number of aliphatic hydroxyl groups is 1. The maximum absolute atomic E-state index is 12.4. The number of hydrogen-bond acceptors (Lipinski definition) is 7. The van der Waals surface area contributed by atoms with E-state index in [4.69, 9.17) is 10.8 Å². The van der Waals surface area contributed by atoms with E-state index in [1.165, 1.54) is 26.0 Å². The van der Waals surface area contributed by atoms with Crippen molar-refractivity contribution in [2.45, 2.75) is 44.5 Å². The van der Waals surface area contributed by atoms with E-state index in [0.29, 0.717) is 5.56 Å². The van der Waals surface area contributed by atoms with Gasteiger partial charge in [0.05, 0.1) is 12.6 Å². The molecular weight excluding hydrogens is 384 g/mol. The van der Waals surface area contributed by atoms with Gasteiger partial charge >= 0.3 is 5.97 Å². The number of nitrogens with one attached hydrogen (secondary N) is 3. The SMILES string of the molecule is CC(NC(=O)C(Cc1ccc(O)cc1)NC(=O)CNC(=O)C(N)C(C)O)C(=O)O. The van der Waals surface area contributed by atoms with E-state index in [9.17, 15) is 29.4 Å². The lowest BCUT2D eigenvalue weighted by molar-refractivity contribution is -0.141. The Kier molecular flexibility index (Phi) is 9.03. The summed E-state index contributed by atoms with van der Waals surface area (Å²) >= 11 is 0. The van der Waals surface area contributed by atoms with Crippen LogP contribution in [0.15, 0.2) is 24.3 Å². The van der Waals surface area contributed by atoms with E-state index >= 15 is 0 Å². The Morgan fingerprint density at radius 2 is 1.62 bits per heavy atom. The summed E-state index contributed by atoms with van der Waals surface area (Å²) in [6.07, 6.45) is -1.09. The van der Waals surface area contributed by atoms with Crippen molar-refractivity contribution in [1.29, 1.82) is 0 Å². The van der Waals surface area contributed by atoms with Crippen molar-refractivity contribution >= 4 is 23.7 Å². The molecule has 0 aliphatic heterocycles. The molecule has 0 aliphatic rings. The lowest BCUT2D eigenvalue weighted by Crippen LogP contribution is -2.54. The zero-order valence-corrected chi connectivity index (χ0v) is 16.1. The van der Waals surface area contributed by atoms with Crippen molar-refractivity contribution < 1.29 is 34.5 Å². The van der Waals surface area contributed by atoms with Gasteiger partial charge in [-0.2, -0.15) is 0 Å². The maximum atomic E-state index is 12.4. The fraction of sp³-hybridized carbons (Fsp3) is 0.444. The van der Waals surface area contributed by atoms with E-state index in [1.807, 2.05) is 0 Å². The summed E-state index contributed by atoms with van der Waals surface area (Å²) < 4.78 is 0. The second-order valence-electron chi connectivity index (χ2n) is 6.54. The van der Waals surface area contributed by atoms with Crippen molar-refractivity contribution in [1.82, 2.24) is 16.0 Å². The number of phenols is 1. The van der Waals surface area contributed by atoms with Crippen LogP contribution in [0, 0.1) is 0 Å². The molecule has 0 saturated carbocycles. The number of carbonyl (C=O) groups excluding carboxylic acids is 3. The number of aliphatic hydroxyl groups excluding tert-OH is 1. The highest BCUT2D eigenvalue weighted by Crippen LogP contribution is 2.11. The second kappa shape index (κ2) is 11.0. The van der Waals surface area contributed by atoms with Crippen molar-refractivity contribution in [3.05, 3.63) is 29.8 Å². The lowest BCUT2D eigenvalue weighted by Gasteiger charge is -2.21. The van der Waals surface area contributed by atoms with Gasteiger partial charge in [0.25, 0.3) is 0 Å². The molecule has 0 saturated heterocycles.